The van der Waals surface area contributed by atoms with E-state index in [0.717, 1.165) is 39.4 Å². The fraction of sp³-hybridized carbons (Fsp3) is 0.450. The van der Waals surface area contributed by atoms with E-state index in [1.54, 1.807) is 17.4 Å². The van der Waals surface area contributed by atoms with E-state index in [1.165, 1.54) is 17.0 Å². The first-order chi connectivity index (χ1) is 13.7. The van der Waals surface area contributed by atoms with E-state index in [9.17, 15) is 9.50 Å². The van der Waals surface area contributed by atoms with Gasteiger partial charge in [0.2, 0.25) is 0 Å². The summed E-state index contributed by atoms with van der Waals surface area (Å²) >= 11 is 1.75. The summed E-state index contributed by atoms with van der Waals surface area (Å²) in [5, 5.41) is 18.1. The van der Waals surface area contributed by atoms with Crippen molar-refractivity contribution in [2.24, 2.45) is 4.99 Å². The van der Waals surface area contributed by atoms with E-state index in [0.29, 0.717) is 18.1 Å². The molecular formula is C20H28FIN4O2S. The minimum Gasteiger partial charge on any atom is -0.505 e. The van der Waals surface area contributed by atoms with E-state index in [-0.39, 0.29) is 35.8 Å². The molecule has 1 fully saturated rings. The minimum atomic E-state index is -0.629. The maximum absolute atomic E-state index is 13.5. The summed E-state index contributed by atoms with van der Waals surface area (Å²) in [5.74, 6) is -0.288. The monoisotopic (exact) mass is 534 g/mol. The number of guanidine groups is 1. The fourth-order valence-corrected chi connectivity index (χ4v) is 3.99. The minimum absolute atomic E-state index is 0. The third kappa shape index (κ3) is 7.09. The van der Waals surface area contributed by atoms with Crippen LogP contribution < -0.4 is 10.6 Å². The lowest BCUT2D eigenvalue weighted by molar-refractivity contribution is 0.0177. The summed E-state index contributed by atoms with van der Waals surface area (Å²) in [6.45, 7) is 7.11. The summed E-state index contributed by atoms with van der Waals surface area (Å²) in [6.07, 6.45) is 0. The molecule has 3 rings (SSSR count). The molecule has 1 saturated heterocycles. The van der Waals surface area contributed by atoms with Gasteiger partial charge in [-0.05, 0) is 36.1 Å². The molecule has 0 saturated carbocycles. The van der Waals surface area contributed by atoms with Crippen LogP contribution in [0.5, 0.6) is 5.75 Å². The van der Waals surface area contributed by atoms with Gasteiger partial charge < -0.3 is 20.5 Å². The Kier molecular flexibility index (Phi) is 10.1. The zero-order valence-corrected chi connectivity index (χ0v) is 19.6. The van der Waals surface area contributed by atoms with Gasteiger partial charge in [0.1, 0.15) is 0 Å². The lowest BCUT2D eigenvalue weighted by Crippen LogP contribution is -2.46. The molecule has 0 bridgehead atoms. The molecule has 0 amide bonds. The maximum Gasteiger partial charge on any atom is 0.191 e. The molecule has 0 radical (unpaired) electrons. The van der Waals surface area contributed by atoms with Crippen molar-refractivity contribution in [2.75, 3.05) is 39.4 Å². The number of hydrogen-bond donors (Lipinski definition) is 3. The molecule has 2 aromatic rings. The zero-order chi connectivity index (χ0) is 19.8. The van der Waals surface area contributed by atoms with Crippen LogP contribution in [0.3, 0.4) is 0 Å². The molecule has 1 aromatic carbocycles. The van der Waals surface area contributed by atoms with E-state index < -0.39 is 5.82 Å². The molecular weight excluding hydrogens is 506 g/mol. The molecule has 0 aliphatic carbocycles. The number of morpholine rings is 1. The topological polar surface area (TPSA) is 69.1 Å². The van der Waals surface area contributed by atoms with Gasteiger partial charge in [-0.3, -0.25) is 4.90 Å². The van der Waals surface area contributed by atoms with Crippen LogP contribution in [0.15, 0.2) is 40.7 Å². The van der Waals surface area contributed by atoms with Gasteiger partial charge >= 0.3 is 0 Å². The highest BCUT2D eigenvalue weighted by atomic mass is 127. The van der Waals surface area contributed by atoms with Crippen LogP contribution in [-0.2, 0) is 11.3 Å². The third-order valence-electron chi connectivity index (χ3n) is 4.60. The number of phenols is 1. The molecule has 9 heteroatoms. The van der Waals surface area contributed by atoms with Crippen LogP contribution in [-0.4, -0.2) is 55.4 Å². The van der Waals surface area contributed by atoms with Crippen LogP contribution in [0.4, 0.5) is 4.39 Å². The second-order valence-corrected chi connectivity index (χ2v) is 7.52. The van der Waals surface area contributed by atoms with Crippen LogP contribution in [0.2, 0.25) is 0 Å². The lowest BCUT2D eigenvalue weighted by atomic mass is 10.2. The second kappa shape index (κ2) is 12.3. The lowest BCUT2D eigenvalue weighted by Gasteiger charge is -2.34. The Morgan fingerprint density at radius 3 is 2.76 bits per heavy atom. The van der Waals surface area contributed by atoms with E-state index in [1.807, 2.05) is 6.92 Å². The Bertz CT molecular complexity index is 770. The fourth-order valence-electron chi connectivity index (χ4n) is 3.13. The zero-order valence-electron chi connectivity index (χ0n) is 16.4. The van der Waals surface area contributed by atoms with Gasteiger partial charge in [0.25, 0.3) is 0 Å². The largest absolute Gasteiger partial charge is 0.505 e. The molecule has 1 aliphatic heterocycles. The van der Waals surface area contributed by atoms with Crippen LogP contribution in [0, 0.1) is 5.82 Å². The molecule has 160 valence electrons. The van der Waals surface area contributed by atoms with E-state index >= 15 is 0 Å². The van der Waals surface area contributed by atoms with Crippen molar-refractivity contribution in [3.8, 4) is 5.75 Å². The Balaban J connectivity index is 0.00000300. The average Bonchev–Trinajstić information content (AvgIpc) is 3.24. The Hall–Kier alpha value is -1.43. The summed E-state index contributed by atoms with van der Waals surface area (Å²) in [6, 6.07) is 8.82. The number of aliphatic imine (C=N–C) groups is 1. The molecule has 0 spiro atoms. The van der Waals surface area contributed by atoms with Crippen molar-refractivity contribution in [3.63, 3.8) is 0 Å². The summed E-state index contributed by atoms with van der Waals surface area (Å²) in [5.41, 5.74) is 0.704. The number of phenolic OH excluding ortho intramolecular Hbond substituents is 1. The number of nitrogens with zero attached hydrogens (tertiary/aromatic N) is 2. The highest BCUT2D eigenvalue weighted by Crippen LogP contribution is 2.25. The number of halogens is 2. The predicted octanol–water partition coefficient (Wildman–Crippen LogP) is 3.34. The number of benzene rings is 1. The van der Waals surface area contributed by atoms with Gasteiger partial charge in [-0.2, -0.15) is 0 Å². The average molecular weight is 534 g/mol. The van der Waals surface area contributed by atoms with Crippen molar-refractivity contribution in [1.29, 1.82) is 0 Å². The van der Waals surface area contributed by atoms with Gasteiger partial charge in [0.05, 0.1) is 25.8 Å². The van der Waals surface area contributed by atoms with Crippen molar-refractivity contribution in [1.82, 2.24) is 15.5 Å². The van der Waals surface area contributed by atoms with Crippen molar-refractivity contribution < 1.29 is 14.2 Å². The molecule has 1 atom stereocenters. The maximum atomic E-state index is 13.5. The van der Waals surface area contributed by atoms with E-state index in [2.05, 4.69) is 38.0 Å². The SMILES string of the molecule is CCNC(=NCc1ccc(O)c(F)c1)NCC(c1cccs1)N1CCOCC1.I. The van der Waals surface area contributed by atoms with Gasteiger partial charge in [-0.25, -0.2) is 9.38 Å². The molecule has 1 unspecified atom stereocenters. The molecule has 1 aromatic heterocycles. The number of ether oxygens (including phenoxy) is 1. The molecule has 1 aliphatic rings. The predicted molar refractivity (Wildman–Crippen MR) is 126 cm³/mol. The number of nitrogens with one attached hydrogen (secondary N) is 2. The number of hydrogen-bond acceptors (Lipinski definition) is 5. The standard InChI is InChI=1S/C20H27FN4O2S.HI/c1-2-22-20(23-13-15-5-6-18(26)16(21)12-15)24-14-17(19-4-3-11-28-19)25-7-9-27-10-8-25;/h3-6,11-12,17,26H,2,7-10,13-14H2,1H3,(H2,22,23,24);1H. The highest BCUT2D eigenvalue weighted by Gasteiger charge is 2.23. The normalized spacial score (nSPS) is 16.1. The number of aromatic hydroxyl groups is 1. The summed E-state index contributed by atoms with van der Waals surface area (Å²) in [7, 11) is 0. The van der Waals surface area contributed by atoms with Crippen LogP contribution in [0.25, 0.3) is 0 Å². The summed E-state index contributed by atoms with van der Waals surface area (Å²) < 4.78 is 19.0. The number of rotatable bonds is 7. The molecule has 2 heterocycles. The number of thiophene rings is 1. The smallest absolute Gasteiger partial charge is 0.191 e. The first kappa shape index (κ1) is 23.8. The highest BCUT2D eigenvalue weighted by molar-refractivity contribution is 14.0. The molecule has 29 heavy (non-hydrogen) atoms. The Morgan fingerprint density at radius 2 is 2.10 bits per heavy atom. The third-order valence-corrected chi connectivity index (χ3v) is 5.57. The first-order valence-electron chi connectivity index (χ1n) is 9.52. The van der Waals surface area contributed by atoms with Crippen molar-refractivity contribution in [3.05, 3.63) is 52.0 Å². The van der Waals surface area contributed by atoms with Gasteiger partial charge in [0.15, 0.2) is 17.5 Å². The molecule has 6 nitrogen and oxygen atoms in total. The second-order valence-electron chi connectivity index (χ2n) is 6.54. The van der Waals surface area contributed by atoms with Crippen LogP contribution in [0.1, 0.15) is 23.4 Å². The quantitative estimate of drug-likeness (QED) is 0.289. The van der Waals surface area contributed by atoms with Gasteiger partial charge in [0, 0.05) is 31.1 Å². The Labute approximate surface area is 192 Å². The van der Waals surface area contributed by atoms with Crippen LogP contribution >= 0.6 is 35.3 Å². The molecule has 3 N–H and O–H groups in total. The van der Waals surface area contributed by atoms with Crippen molar-refractivity contribution >= 4 is 41.3 Å². The first-order valence-corrected chi connectivity index (χ1v) is 10.4. The van der Waals surface area contributed by atoms with Crippen molar-refractivity contribution in [2.45, 2.75) is 19.5 Å². The van der Waals surface area contributed by atoms with Gasteiger partial charge in [-0.1, -0.05) is 12.1 Å². The Morgan fingerprint density at radius 1 is 1.31 bits per heavy atom. The van der Waals surface area contributed by atoms with Gasteiger partial charge in [-0.15, -0.1) is 35.3 Å². The van der Waals surface area contributed by atoms with E-state index in [4.69, 9.17) is 4.74 Å². The summed E-state index contributed by atoms with van der Waals surface area (Å²) in [4.78, 5) is 8.30.